The average molecular weight is 292 g/mol. The van der Waals surface area contributed by atoms with Crippen LogP contribution in [-0.2, 0) is 9.53 Å². The Kier molecular flexibility index (Phi) is 5.59. The summed E-state index contributed by atoms with van der Waals surface area (Å²) >= 11 is 0. The lowest BCUT2D eigenvalue weighted by Crippen LogP contribution is -2.35. The van der Waals surface area contributed by atoms with Crippen molar-refractivity contribution < 1.29 is 14.3 Å². The zero-order valence-corrected chi connectivity index (χ0v) is 12.9. The number of carbonyl (C=O) groups is 1. The molecule has 2 rings (SSSR count). The summed E-state index contributed by atoms with van der Waals surface area (Å²) in [6, 6.07) is 6.43. The third-order valence-electron chi connectivity index (χ3n) is 3.63. The topological polar surface area (TPSA) is 59.6 Å². The van der Waals surface area contributed by atoms with Gasteiger partial charge >= 0.3 is 0 Å². The minimum absolute atomic E-state index is 0.0898. The van der Waals surface area contributed by atoms with E-state index in [2.05, 4.69) is 24.5 Å². The van der Waals surface area contributed by atoms with Crippen molar-refractivity contribution in [3.8, 4) is 5.75 Å². The first-order valence-corrected chi connectivity index (χ1v) is 7.45. The first kappa shape index (κ1) is 15.8. The van der Waals surface area contributed by atoms with Crippen molar-refractivity contribution in [1.82, 2.24) is 5.32 Å². The van der Waals surface area contributed by atoms with Crippen molar-refractivity contribution in [1.29, 1.82) is 0 Å². The van der Waals surface area contributed by atoms with Gasteiger partial charge in [0.15, 0.2) is 6.61 Å². The lowest BCUT2D eigenvalue weighted by Gasteiger charge is -2.24. The van der Waals surface area contributed by atoms with Crippen LogP contribution in [0.1, 0.15) is 38.3 Å². The van der Waals surface area contributed by atoms with Crippen LogP contribution in [0.15, 0.2) is 18.2 Å². The summed E-state index contributed by atoms with van der Waals surface area (Å²) in [6.45, 7) is 5.07. The van der Waals surface area contributed by atoms with E-state index < -0.39 is 0 Å². The second-order valence-corrected chi connectivity index (χ2v) is 5.42. The largest absolute Gasteiger partial charge is 0.482 e. The minimum atomic E-state index is -0.108. The summed E-state index contributed by atoms with van der Waals surface area (Å²) in [5, 5.41) is 6.42. The maximum atomic E-state index is 11.4. The van der Waals surface area contributed by atoms with E-state index in [1.165, 1.54) is 0 Å². The molecule has 0 aromatic heterocycles. The van der Waals surface area contributed by atoms with Gasteiger partial charge in [-0.2, -0.15) is 0 Å². The molecule has 0 spiro atoms. The van der Waals surface area contributed by atoms with Crippen molar-refractivity contribution in [3.63, 3.8) is 0 Å². The van der Waals surface area contributed by atoms with E-state index >= 15 is 0 Å². The number of carbonyl (C=O) groups excluding carboxylic acids is 1. The molecular formula is C16H24N2O3. The molecule has 116 valence electrons. The molecule has 0 saturated heterocycles. The number of anilines is 1. The summed E-state index contributed by atoms with van der Waals surface area (Å²) < 4.78 is 10.6. The third kappa shape index (κ3) is 4.19. The number of rotatable bonds is 7. The molecule has 0 fully saturated rings. The van der Waals surface area contributed by atoms with Gasteiger partial charge in [-0.15, -0.1) is 0 Å². The molecule has 1 amide bonds. The normalized spacial score (nSPS) is 16.6. The number of hydrogen-bond donors (Lipinski definition) is 2. The van der Waals surface area contributed by atoms with Crippen LogP contribution >= 0.6 is 0 Å². The van der Waals surface area contributed by atoms with Gasteiger partial charge in [0.1, 0.15) is 5.75 Å². The third-order valence-corrected chi connectivity index (χ3v) is 3.63. The lowest BCUT2D eigenvalue weighted by atomic mass is 10.0. The van der Waals surface area contributed by atoms with Gasteiger partial charge in [-0.3, -0.25) is 4.79 Å². The Morgan fingerprint density at radius 3 is 3.00 bits per heavy atom. The second-order valence-electron chi connectivity index (χ2n) is 5.42. The maximum Gasteiger partial charge on any atom is 0.262 e. The fraction of sp³-hybridized carbons (Fsp3) is 0.562. The van der Waals surface area contributed by atoms with E-state index in [1.807, 2.05) is 18.2 Å². The zero-order valence-electron chi connectivity index (χ0n) is 12.9. The predicted octanol–water partition coefficient (Wildman–Crippen LogP) is 2.48. The Morgan fingerprint density at radius 2 is 2.29 bits per heavy atom. The van der Waals surface area contributed by atoms with Gasteiger partial charge in [-0.1, -0.05) is 19.4 Å². The number of fused-ring (bicyclic) bond motifs is 1. The number of ether oxygens (including phenoxy) is 2. The van der Waals surface area contributed by atoms with Gasteiger partial charge in [0.05, 0.1) is 12.3 Å². The highest BCUT2D eigenvalue weighted by molar-refractivity contribution is 5.95. The quantitative estimate of drug-likeness (QED) is 0.810. The van der Waals surface area contributed by atoms with Gasteiger partial charge in [0.2, 0.25) is 0 Å². The molecule has 1 heterocycles. The smallest absolute Gasteiger partial charge is 0.262 e. The first-order chi connectivity index (χ1) is 10.1. The van der Waals surface area contributed by atoms with Crippen molar-refractivity contribution >= 4 is 11.6 Å². The fourth-order valence-corrected chi connectivity index (χ4v) is 2.58. The van der Waals surface area contributed by atoms with E-state index in [-0.39, 0.29) is 18.6 Å². The molecule has 1 aliphatic rings. The van der Waals surface area contributed by atoms with E-state index in [0.29, 0.717) is 12.6 Å². The Morgan fingerprint density at radius 1 is 1.48 bits per heavy atom. The number of amides is 1. The Bertz CT molecular complexity index is 484. The predicted molar refractivity (Wildman–Crippen MR) is 82.7 cm³/mol. The van der Waals surface area contributed by atoms with Crippen molar-refractivity contribution in [3.05, 3.63) is 23.8 Å². The van der Waals surface area contributed by atoms with Crippen molar-refractivity contribution in [2.75, 3.05) is 25.6 Å². The van der Waals surface area contributed by atoms with Gasteiger partial charge in [0.25, 0.3) is 5.91 Å². The monoisotopic (exact) mass is 292 g/mol. The molecule has 2 atom stereocenters. The van der Waals surface area contributed by atoms with Gasteiger partial charge < -0.3 is 20.1 Å². The van der Waals surface area contributed by atoms with Crippen LogP contribution in [0, 0.1) is 0 Å². The SMILES string of the molecule is CCCC(COC)NC(C)c1ccc2c(c1)NC(=O)CO2. The standard InChI is InChI=1S/C16H24N2O3/c1-4-5-13(9-20-3)17-11(2)12-6-7-15-14(8-12)18-16(19)10-21-15/h6-8,11,13,17H,4-5,9-10H2,1-3H3,(H,18,19). The molecule has 0 bridgehead atoms. The Balaban J connectivity index is 2.06. The van der Waals surface area contributed by atoms with Crippen LogP contribution in [0.4, 0.5) is 5.69 Å². The van der Waals surface area contributed by atoms with E-state index in [1.54, 1.807) is 7.11 Å². The van der Waals surface area contributed by atoms with E-state index in [4.69, 9.17) is 9.47 Å². The molecular weight excluding hydrogens is 268 g/mol. The molecule has 1 aliphatic heterocycles. The van der Waals surface area contributed by atoms with Crippen LogP contribution < -0.4 is 15.4 Å². The Labute approximate surface area is 126 Å². The van der Waals surface area contributed by atoms with E-state index in [9.17, 15) is 4.79 Å². The maximum absolute atomic E-state index is 11.4. The van der Waals surface area contributed by atoms with Crippen LogP contribution in [0.3, 0.4) is 0 Å². The summed E-state index contributed by atoms with van der Waals surface area (Å²) in [7, 11) is 1.72. The molecule has 0 radical (unpaired) electrons. The summed E-state index contributed by atoms with van der Waals surface area (Å²) in [5.74, 6) is 0.621. The van der Waals surface area contributed by atoms with Crippen LogP contribution in [0.25, 0.3) is 0 Å². The number of methoxy groups -OCH3 is 1. The summed E-state index contributed by atoms with van der Waals surface area (Å²) in [6.07, 6.45) is 2.19. The highest BCUT2D eigenvalue weighted by Crippen LogP contribution is 2.30. The molecule has 2 N–H and O–H groups in total. The zero-order chi connectivity index (χ0) is 15.2. The van der Waals surface area contributed by atoms with Crippen molar-refractivity contribution in [2.24, 2.45) is 0 Å². The molecule has 5 nitrogen and oxygen atoms in total. The van der Waals surface area contributed by atoms with Gasteiger partial charge in [-0.05, 0) is 31.0 Å². The van der Waals surface area contributed by atoms with Crippen molar-refractivity contribution in [2.45, 2.75) is 38.8 Å². The molecule has 2 unspecified atom stereocenters. The van der Waals surface area contributed by atoms with Crippen LogP contribution in [0.2, 0.25) is 0 Å². The fourth-order valence-electron chi connectivity index (χ4n) is 2.58. The molecule has 1 aromatic carbocycles. The first-order valence-electron chi connectivity index (χ1n) is 7.45. The molecule has 21 heavy (non-hydrogen) atoms. The lowest BCUT2D eigenvalue weighted by molar-refractivity contribution is -0.118. The van der Waals surface area contributed by atoms with Gasteiger partial charge in [0, 0.05) is 19.2 Å². The highest BCUT2D eigenvalue weighted by Gasteiger charge is 2.18. The molecule has 0 saturated carbocycles. The molecule has 1 aromatic rings. The summed E-state index contributed by atoms with van der Waals surface area (Å²) in [5.41, 5.74) is 1.87. The second kappa shape index (κ2) is 7.43. The number of nitrogens with one attached hydrogen (secondary N) is 2. The van der Waals surface area contributed by atoms with E-state index in [0.717, 1.165) is 29.8 Å². The minimum Gasteiger partial charge on any atom is -0.482 e. The number of benzene rings is 1. The number of hydrogen-bond acceptors (Lipinski definition) is 4. The molecule has 0 aliphatic carbocycles. The van der Waals surface area contributed by atoms with Crippen LogP contribution in [-0.4, -0.2) is 32.3 Å². The van der Waals surface area contributed by atoms with Gasteiger partial charge in [-0.25, -0.2) is 0 Å². The Hall–Kier alpha value is -1.59. The summed E-state index contributed by atoms with van der Waals surface area (Å²) in [4.78, 5) is 11.4. The molecule has 5 heteroatoms. The average Bonchev–Trinajstić information content (AvgIpc) is 2.47. The van der Waals surface area contributed by atoms with Crippen LogP contribution in [0.5, 0.6) is 5.75 Å². The highest BCUT2D eigenvalue weighted by atomic mass is 16.5.